The molecule has 0 spiro atoms. The lowest BCUT2D eigenvalue weighted by molar-refractivity contribution is -0.286. The van der Waals surface area contributed by atoms with Crippen LogP contribution in [0.15, 0.2) is 37.0 Å². The van der Waals surface area contributed by atoms with E-state index in [1.807, 2.05) is 26.8 Å². The monoisotopic (exact) mass is 448 g/mol. The molecule has 2 aliphatic heterocycles. The Hall–Kier alpha value is -1.47. The van der Waals surface area contributed by atoms with Crippen molar-refractivity contribution in [3.63, 3.8) is 0 Å². The predicted molar refractivity (Wildman–Crippen MR) is 123 cm³/mol. The Balaban J connectivity index is 1.71. The van der Waals surface area contributed by atoms with Crippen LogP contribution in [0.1, 0.15) is 54.4 Å². The molecule has 6 nitrogen and oxygen atoms in total. The minimum Gasteiger partial charge on any atom is -0.462 e. The summed E-state index contributed by atoms with van der Waals surface area (Å²) >= 11 is 0. The van der Waals surface area contributed by atoms with Gasteiger partial charge in [0.15, 0.2) is 5.79 Å². The first-order valence-corrected chi connectivity index (χ1v) is 11.6. The number of esters is 1. The summed E-state index contributed by atoms with van der Waals surface area (Å²) in [6.45, 7) is 20.1. The highest BCUT2D eigenvalue weighted by molar-refractivity contribution is 5.70. The number of rotatable bonds is 8. The van der Waals surface area contributed by atoms with E-state index in [1.165, 1.54) is 5.57 Å². The lowest BCUT2D eigenvalue weighted by atomic mass is 9.67. The van der Waals surface area contributed by atoms with Gasteiger partial charge in [-0.15, -0.1) is 6.58 Å². The van der Waals surface area contributed by atoms with Crippen LogP contribution in [0.5, 0.6) is 0 Å². The van der Waals surface area contributed by atoms with Gasteiger partial charge in [0, 0.05) is 7.11 Å². The molecule has 0 saturated carbocycles. The third kappa shape index (κ3) is 4.47. The van der Waals surface area contributed by atoms with Crippen molar-refractivity contribution >= 4 is 5.97 Å². The number of hydrogen-bond donors (Lipinski definition) is 0. The highest BCUT2D eigenvalue weighted by Gasteiger charge is 2.67. The Morgan fingerprint density at radius 3 is 2.47 bits per heavy atom. The number of fused-ring (bicyclic) bond motifs is 1. The second-order valence-electron chi connectivity index (χ2n) is 10.4. The molecule has 3 rings (SSSR count). The molecule has 2 saturated heterocycles. The molecular formula is C26H40O6. The highest BCUT2D eigenvalue weighted by Crippen LogP contribution is 2.50. The van der Waals surface area contributed by atoms with Crippen LogP contribution in [-0.2, 0) is 28.5 Å². The van der Waals surface area contributed by atoms with Crippen LogP contribution in [0.3, 0.4) is 0 Å². The smallest absolute Gasteiger partial charge is 0.306 e. The van der Waals surface area contributed by atoms with Gasteiger partial charge in [-0.1, -0.05) is 38.2 Å². The van der Waals surface area contributed by atoms with Gasteiger partial charge in [-0.25, -0.2) is 0 Å². The summed E-state index contributed by atoms with van der Waals surface area (Å²) in [7, 11) is 1.55. The molecule has 2 fully saturated rings. The molecule has 2 heterocycles. The highest BCUT2D eigenvalue weighted by atomic mass is 16.8. The van der Waals surface area contributed by atoms with Crippen molar-refractivity contribution in [2.75, 3.05) is 13.7 Å². The van der Waals surface area contributed by atoms with E-state index in [1.54, 1.807) is 13.2 Å². The molecular weight excluding hydrogens is 408 g/mol. The van der Waals surface area contributed by atoms with Crippen LogP contribution in [0.25, 0.3) is 0 Å². The molecule has 0 amide bonds. The molecule has 7 atom stereocenters. The second kappa shape index (κ2) is 9.05. The number of hydrogen-bond acceptors (Lipinski definition) is 6. The third-order valence-corrected chi connectivity index (χ3v) is 7.38. The molecule has 6 heteroatoms. The molecule has 180 valence electrons. The van der Waals surface area contributed by atoms with Crippen LogP contribution in [-0.4, -0.2) is 49.1 Å². The molecule has 0 N–H and O–H groups in total. The second-order valence-corrected chi connectivity index (χ2v) is 10.4. The lowest BCUT2D eigenvalue weighted by Gasteiger charge is -2.38. The normalized spacial score (nSPS) is 40.6. The van der Waals surface area contributed by atoms with Crippen LogP contribution in [0.2, 0.25) is 0 Å². The lowest BCUT2D eigenvalue weighted by Crippen LogP contribution is -2.45. The van der Waals surface area contributed by atoms with E-state index in [4.69, 9.17) is 23.7 Å². The fourth-order valence-electron chi connectivity index (χ4n) is 5.54. The van der Waals surface area contributed by atoms with E-state index in [0.717, 1.165) is 6.42 Å². The molecule has 0 bridgehead atoms. The molecule has 0 aromatic carbocycles. The van der Waals surface area contributed by atoms with Crippen LogP contribution in [0.4, 0.5) is 0 Å². The predicted octanol–water partition coefficient (Wildman–Crippen LogP) is 4.80. The summed E-state index contributed by atoms with van der Waals surface area (Å²) in [5.74, 6) is -0.872. The zero-order valence-electron chi connectivity index (χ0n) is 20.7. The number of methoxy groups -OCH3 is 1. The Morgan fingerprint density at radius 1 is 1.25 bits per heavy atom. The Labute approximate surface area is 193 Å². The van der Waals surface area contributed by atoms with Gasteiger partial charge in [-0.3, -0.25) is 4.79 Å². The van der Waals surface area contributed by atoms with Crippen molar-refractivity contribution in [1.29, 1.82) is 0 Å². The van der Waals surface area contributed by atoms with E-state index >= 15 is 0 Å². The Kier molecular flexibility index (Phi) is 7.12. The minimum atomic E-state index is -1.17. The zero-order valence-corrected chi connectivity index (χ0v) is 20.7. The van der Waals surface area contributed by atoms with Gasteiger partial charge >= 0.3 is 5.97 Å². The van der Waals surface area contributed by atoms with Gasteiger partial charge in [0.1, 0.15) is 24.4 Å². The molecule has 0 aromatic heterocycles. The van der Waals surface area contributed by atoms with Crippen molar-refractivity contribution in [2.45, 2.75) is 83.8 Å². The Bertz CT molecular complexity index is 770. The first-order valence-electron chi connectivity index (χ1n) is 11.6. The quantitative estimate of drug-likeness (QED) is 0.393. The zero-order chi connectivity index (χ0) is 23.9. The maximum Gasteiger partial charge on any atom is 0.306 e. The first-order chi connectivity index (χ1) is 14.9. The topological polar surface area (TPSA) is 63.2 Å². The SMILES string of the molecule is C=C[C@@H]1[C@@H](C(C)C)CC=C(C)[C@@H]1CC(=O)OC[C@@]1(C)O[C@](C=C)(OC)[C@@H]2OC(C)(C)O[C@@H]21. The summed E-state index contributed by atoms with van der Waals surface area (Å²) in [5.41, 5.74) is 0.292. The summed E-state index contributed by atoms with van der Waals surface area (Å²) in [6.07, 6.45) is 6.21. The number of carbonyl (C=O) groups excluding carboxylic acids is 1. The van der Waals surface area contributed by atoms with Gasteiger partial charge in [-0.2, -0.15) is 0 Å². The number of carbonyl (C=O) groups is 1. The van der Waals surface area contributed by atoms with Gasteiger partial charge in [0.05, 0.1) is 6.42 Å². The molecule has 3 aliphatic rings. The first kappa shape index (κ1) is 25.2. The van der Waals surface area contributed by atoms with Gasteiger partial charge in [-0.05, 0) is 63.9 Å². The van der Waals surface area contributed by atoms with Crippen molar-refractivity contribution < 1.29 is 28.5 Å². The van der Waals surface area contributed by atoms with E-state index < -0.39 is 29.4 Å². The van der Waals surface area contributed by atoms with Crippen molar-refractivity contribution in [3.05, 3.63) is 37.0 Å². The fourth-order valence-corrected chi connectivity index (χ4v) is 5.54. The summed E-state index contributed by atoms with van der Waals surface area (Å²) in [4.78, 5) is 13.0. The van der Waals surface area contributed by atoms with Crippen molar-refractivity contribution in [1.82, 2.24) is 0 Å². The Morgan fingerprint density at radius 2 is 1.91 bits per heavy atom. The van der Waals surface area contributed by atoms with Gasteiger partial charge in [0.25, 0.3) is 0 Å². The van der Waals surface area contributed by atoms with Gasteiger partial charge < -0.3 is 23.7 Å². The average Bonchev–Trinajstić information content (AvgIpc) is 3.18. The summed E-state index contributed by atoms with van der Waals surface area (Å²) < 4.78 is 29.9. The van der Waals surface area contributed by atoms with E-state index in [9.17, 15) is 4.79 Å². The number of allylic oxidation sites excluding steroid dienone is 3. The fraction of sp³-hybridized carbons (Fsp3) is 0.731. The van der Waals surface area contributed by atoms with Crippen molar-refractivity contribution in [2.24, 2.45) is 23.7 Å². The van der Waals surface area contributed by atoms with Gasteiger partial charge in [0.2, 0.25) is 5.79 Å². The molecule has 1 aliphatic carbocycles. The summed E-state index contributed by atoms with van der Waals surface area (Å²) in [6, 6.07) is 0. The summed E-state index contributed by atoms with van der Waals surface area (Å²) in [5, 5.41) is 0. The van der Waals surface area contributed by atoms with Crippen LogP contribution >= 0.6 is 0 Å². The standard InChI is InChI=1S/C26H40O6/c1-10-18-19(16(3)4)13-12-17(5)20(18)14-21(27)29-15-25(8)22-23(31-24(6,7)30-22)26(11-2,28-9)32-25/h10-12,16,18-20,22-23H,1-2,13-15H2,3-9H3/t18-,19-,20+,22+,23-,25-,26+/m1/s1. The molecule has 0 unspecified atom stereocenters. The maximum absolute atomic E-state index is 13.0. The van der Waals surface area contributed by atoms with E-state index in [0.29, 0.717) is 18.3 Å². The molecule has 0 radical (unpaired) electrons. The van der Waals surface area contributed by atoms with E-state index in [-0.39, 0.29) is 24.4 Å². The molecule has 0 aromatic rings. The molecule has 32 heavy (non-hydrogen) atoms. The number of ether oxygens (including phenoxy) is 5. The third-order valence-electron chi connectivity index (χ3n) is 7.38. The van der Waals surface area contributed by atoms with Crippen LogP contribution in [0, 0.1) is 23.7 Å². The van der Waals surface area contributed by atoms with E-state index in [2.05, 4.69) is 40.0 Å². The van der Waals surface area contributed by atoms with Crippen molar-refractivity contribution in [3.8, 4) is 0 Å². The van der Waals surface area contributed by atoms with Crippen LogP contribution < -0.4 is 0 Å². The largest absolute Gasteiger partial charge is 0.462 e. The average molecular weight is 449 g/mol. The maximum atomic E-state index is 13.0. The minimum absolute atomic E-state index is 0.0350.